The van der Waals surface area contributed by atoms with Gasteiger partial charge in [-0.05, 0) is 50.4 Å². The quantitative estimate of drug-likeness (QED) is 0.783. The molecule has 0 aliphatic carbocycles. The maximum absolute atomic E-state index is 9.32. The fraction of sp³-hybridized carbons (Fsp3) is 0.600. The van der Waals surface area contributed by atoms with E-state index in [2.05, 4.69) is 31.3 Å². The van der Waals surface area contributed by atoms with E-state index < -0.39 is 0 Å². The number of hydrogen-bond acceptors (Lipinski definition) is 3. The second-order valence-corrected chi connectivity index (χ2v) is 5.09. The average molecular weight is 251 g/mol. The molecular formula is C15H25NO2. The van der Waals surface area contributed by atoms with Gasteiger partial charge < -0.3 is 15.2 Å². The molecule has 3 unspecified atom stereocenters. The number of benzene rings is 1. The third-order valence-corrected chi connectivity index (χ3v) is 3.13. The zero-order valence-corrected chi connectivity index (χ0v) is 11.8. The number of ether oxygens (including phenoxy) is 1. The number of rotatable bonds is 7. The summed E-state index contributed by atoms with van der Waals surface area (Å²) < 4.78 is 5.14. The molecule has 0 aromatic heterocycles. The molecule has 0 saturated carbocycles. The molecule has 0 fully saturated rings. The smallest absolute Gasteiger partial charge is 0.118 e. The maximum atomic E-state index is 9.32. The lowest BCUT2D eigenvalue weighted by atomic mass is 10.0. The molecule has 1 rings (SSSR count). The van der Waals surface area contributed by atoms with Crippen LogP contribution in [0.25, 0.3) is 0 Å². The minimum Gasteiger partial charge on any atom is -0.497 e. The summed E-state index contributed by atoms with van der Waals surface area (Å²) in [6.07, 6.45) is 0.612. The predicted octanol–water partition coefficient (Wildman–Crippen LogP) is 2.75. The Bertz CT molecular complexity index is 335. The van der Waals surface area contributed by atoms with Crippen LogP contribution < -0.4 is 10.1 Å². The number of nitrogens with one attached hydrogen (secondary N) is 1. The molecule has 1 aromatic rings. The van der Waals surface area contributed by atoms with Gasteiger partial charge in [0, 0.05) is 6.04 Å². The van der Waals surface area contributed by atoms with Crippen LogP contribution in [0.3, 0.4) is 0 Å². The van der Waals surface area contributed by atoms with E-state index in [-0.39, 0.29) is 6.10 Å². The maximum Gasteiger partial charge on any atom is 0.118 e. The molecular weight excluding hydrogens is 226 g/mol. The third-order valence-electron chi connectivity index (χ3n) is 3.13. The van der Waals surface area contributed by atoms with Crippen LogP contribution in [0, 0.1) is 5.92 Å². The predicted molar refractivity (Wildman–Crippen MR) is 74.9 cm³/mol. The summed E-state index contributed by atoms with van der Waals surface area (Å²) >= 11 is 0. The van der Waals surface area contributed by atoms with E-state index in [0.717, 1.165) is 18.7 Å². The minimum absolute atomic E-state index is 0.224. The van der Waals surface area contributed by atoms with Crippen molar-refractivity contribution in [2.24, 2.45) is 5.92 Å². The summed E-state index contributed by atoms with van der Waals surface area (Å²) in [6.45, 7) is 7.05. The van der Waals surface area contributed by atoms with Crippen molar-refractivity contribution in [1.29, 1.82) is 0 Å². The van der Waals surface area contributed by atoms with Crippen LogP contribution in [0.4, 0.5) is 0 Å². The summed E-state index contributed by atoms with van der Waals surface area (Å²) in [7, 11) is 1.68. The monoisotopic (exact) mass is 251 g/mol. The van der Waals surface area contributed by atoms with Crippen molar-refractivity contribution in [3.8, 4) is 5.75 Å². The van der Waals surface area contributed by atoms with Gasteiger partial charge in [-0.15, -0.1) is 0 Å². The van der Waals surface area contributed by atoms with Crippen LogP contribution in [0.1, 0.15) is 38.8 Å². The average Bonchev–Trinajstić information content (AvgIpc) is 2.35. The van der Waals surface area contributed by atoms with Gasteiger partial charge in [0.25, 0.3) is 0 Å². The van der Waals surface area contributed by atoms with E-state index in [1.807, 2.05) is 19.1 Å². The topological polar surface area (TPSA) is 41.5 Å². The van der Waals surface area contributed by atoms with Crippen LogP contribution in [0.2, 0.25) is 0 Å². The molecule has 3 heteroatoms. The van der Waals surface area contributed by atoms with Crippen LogP contribution in [-0.2, 0) is 0 Å². The normalized spacial score (nSPS) is 16.1. The van der Waals surface area contributed by atoms with Crippen LogP contribution in [0.15, 0.2) is 24.3 Å². The molecule has 3 atom stereocenters. The van der Waals surface area contributed by atoms with Gasteiger partial charge in [0.15, 0.2) is 0 Å². The van der Waals surface area contributed by atoms with Gasteiger partial charge in [-0.25, -0.2) is 0 Å². The standard InChI is InChI=1S/C15H25NO2/c1-11(9-12(2)17)10-16-13(3)14-5-7-15(18-4)8-6-14/h5-8,11-13,16-17H,9-10H2,1-4H3. The molecule has 2 N–H and O–H groups in total. The van der Waals surface area contributed by atoms with Crippen LogP contribution in [-0.4, -0.2) is 24.9 Å². The lowest BCUT2D eigenvalue weighted by Gasteiger charge is -2.19. The molecule has 0 amide bonds. The van der Waals surface area contributed by atoms with Crippen molar-refractivity contribution in [3.05, 3.63) is 29.8 Å². The SMILES string of the molecule is COc1ccc(C(C)NCC(C)CC(C)O)cc1. The lowest BCUT2D eigenvalue weighted by molar-refractivity contribution is 0.162. The molecule has 0 aliphatic heterocycles. The Kier molecular flexibility index (Phi) is 6.16. The number of hydrogen-bond donors (Lipinski definition) is 2. The first-order chi connectivity index (χ1) is 8.52. The zero-order valence-electron chi connectivity index (χ0n) is 11.8. The molecule has 0 aliphatic rings. The highest BCUT2D eigenvalue weighted by Gasteiger charge is 2.09. The van der Waals surface area contributed by atoms with Crippen LogP contribution >= 0.6 is 0 Å². The molecule has 1 aromatic carbocycles. The summed E-state index contributed by atoms with van der Waals surface area (Å²) in [6, 6.07) is 8.43. The van der Waals surface area contributed by atoms with E-state index >= 15 is 0 Å². The highest BCUT2D eigenvalue weighted by atomic mass is 16.5. The summed E-state index contributed by atoms with van der Waals surface area (Å²) in [5, 5.41) is 12.8. The fourth-order valence-corrected chi connectivity index (χ4v) is 2.05. The van der Waals surface area contributed by atoms with Gasteiger partial charge in [0.1, 0.15) is 5.75 Å². The largest absolute Gasteiger partial charge is 0.497 e. The summed E-state index contributed by atoms with van der Waals surface area (Å²) in [5.41, 5.74) is 1.25. The van der Waals surface area contributed by atoms with E-state index in [0.29, 0.717) is 12.0 Å². The van der Waals surface area contributed by atoms with Crippen molar-refractivity contribution in [3.63, 3.8) is 0 Å². The van der Waals surface area contributed by atoms with Crippen molar-refractivity contribution < 1.29 is 9.84 Å². The number of methoxy groups -OCH3 is 1. The first kappa shape index (κ1) is 15.0. The summed E-state index contributed by atoms with van der Waals surface area (Å²) in [4.78, 5) is 0. The van der Waals surface area contributed by atoms with Crippen molar-refractivity contribution in [2.45, 2.75) is 39.3 Å². The number of aliphatic hydroxyl groups excluding tert-OH is 1. The Hall–Kier alpha value is -1.06. The van der Waals surface area contributed by atoms with Gasteiger partial charge in [0.05, 0.1) is 13.2 Å². The van der Waals surface area contributed by atoms with Gasteiger partial charge in [-0.2, -0.15) is 0 Å². The molecule has 0 radical (unpaired) electrons. The Morgan fingerprint density at radius 2 is 1.78 bits per heavy atom. The third kappa shape index (κ3) is 5.07. The fourth-order valence-electron chi connectivity index (χ4n) is 2.05. The van der Waals surface area contributed by atoms with E-state index in [1.54, 1.807) is 7.11 Å². The highest BCUT2D eigenvalue weighted by Crippen LogP contribution is 2.17. The molecule has 0 saturated heterocycles. The van der Waals surface area contributed by atoms with E-state index in [1.165, 1.54) is 5.56 Å². The second-order valence-electron chi connectivity index (χ2n) is 5.09. The molecule has 102 valence electrons. The highest BCUT2D eigenvalue weighted by molar-refractivity contribution is 5.28. The first-order valence-electron chi connectivity index (χ1n) is 6.58. The molecule has 0 spiro atoms. The van der Waals surface area contributed by atoms with Gasteiger partial charge >= 0.3 is 0 Å². The van der Waals surface area contributed by atoms with Crippen molar-refractivity contribution in [1.82, 2.24) is 5.32 Å². The lowest BCUT2D eigenvalue weighted by Crippen LogP contribution is -2.26. The molecule has 0 bridgehead atoms. The second kappa shape index (κ2) is 7.39. The van der Waals surface area contributed by atoms with Crippen molar-refractivity contribution in [2.75, 3.05) is 13.7 Å². The number of aliphatic hydroxyl groups is 1. The van der Waals surface area contributed by atoms with Gasteiger partial charge in [-0.3, -0.25) is 0 Å². The Labute approximate surface area is 110 Å². The van der Waals surface area contributed by atoms with Crippen molar-refractivity contribution >= 4 is 0 Å². The first-order valence-corrected chi connectivity index (χ1v) is 6.58. The molecule has 18 heavy (non-hydrogen) atoms. The molecule has 0 heterocycles. The zero-order chi connectivity index (χ0) is 13.5. The minimum atomic E-state index is -0.224. The Morgan fingerprint density at radius 3 is 2.28 bits per heavy atom. The summed E-state index contributed by atoms with van der Waals surface area (Å²) in [5.74, 6) is 1.36. The van der Waals surface area contributed by atoms with E-state index in [9.17, 15) is 5.11 Å². The Morgan fingerprint density at radius 1 is 1.17 bits per heavy atom. The van der Waals surface area contributed by atoms with Crippen LogP contribution in [0.5, 0.6) is 5.75 Å². The van der Waals surface area contributed by atoms with Gasteiger partial charge in [-0.1, -0.05) is 19.1 Å². The van der Waals surface area contributed by atoms with E-state index in [4.69, 9.17) is 4.74 Å². The van der Waals surface area contributed by atoms with Gasteiger partial charge in [0.2, 0.25) is 0 Å². The molecule has 3 nitrogen and oxygen atoms in total. The Balaban J connectivity index is 2.42.